The lowest BCUT2D eigenvalue weighted by molar-refractivity contribution is -0.123. The van der Waals surface area contributed by atoms with Crippen LogP contribution >= 0.6 is 0 Å². The Bertz CT molecular complexity index is 296. The van der Waals surface area contributed by atoms with E-state index in [0.717, 1.165) is 0 Å². The molecule has 7 heteroatoms. The third kappa shape index (κ3) is 5.44. The number of imide groups is 1. The Balaban J connectivity index is 2.29. The van der Waals surface area contributed by atoms with Crippen molar-refractivity contribution in [3.63, 3.8) is 0 Å². The van der Waals surface area contributed by atoms with Crippen molar-refractivity contribution >= 4 is 11.9 Å². The number of amides is 3. The van der Waals surface area contributed by atoms with Gasteiger partial charge in [0.2, 0.25) is 5.91 Å². The van der Waals surface area contributed by atoms with Crippen molar-refractivity contribution in [2.75, 3.05) is 32.8 Å². The van der Waals surface area contributed by atoms with Gasteiger partial charge in [-0.1, -0.05) is 0 Å². The summed E-state index contributed by atoms with van der Waals surface area (Å²) in [5.74, 6) is -0.355. The van der Waals surface area contributed by atoms with Gasteiger partial charge in [0.15, 0.2) is 0 Å². The molecule has 0 radical (unpaired) electrons. The molecule has 0 aromatic rings. The van der Waals surface area contributed by atoms with Crippen LogP contribution in [0, 0.1) is 0 Å². The van der Waals surface area contributed by atoms with Crippen LogP contribution in [0.5, 0.6) is 0 Å². The number of aliphatic hydroxyl groups is 1. The van der Waals surface area contributed by atoms with Crippen molar-refractivity contribution in [1.82, 2.24) is 15.5 Å². The summed E-state index contributed by atoms with van der Waals surface area (Å²) in [6.07, 6.45) is -0.254. The van der Waals surface area contributed by atoms with Gasteiger partial charge in [0, 0.05) is 19.1 Å². The zero-order chi connectivity index (χ0) is 13.5. The molecule has 7 nitrogen and oxygen atoms in total. The molecule has 1 aliphatic heterocycles. The number of hydrogen-bond donors (Lipinski definition) is 3. The van der Waals surface area contributed by atoms with E-state index in [1.54, 1.807) is 0 Å². The number of nitrogens with one attached hydrogen (secondary N) is 2. The van der Waals surface area contributed by atoms with Crippen LogP contribution in [0.15, 0.2) is 0 Å². The van der Waals surface area contributed by atoms with E-state index in [2.05, 4.69) is 10.6 Å². The molecule has 3 N–H and O–H groups in total. The van der Waals surface area contributed by atoms with Crippen molar-refractivity contribution < 1.29 is 19.4 Å². The standard InChI is InChI=1S/C11H21N3O4/c1-8(2)12-11(17)13-10(16)6-14-3-4-18-9(5-14)7-15/h8-9,15H,3-7H2,1-2H3,(H2,12,13,16,17). The van der Waals surface area contributed by atoms with Gasteiger partial charge in [0.25, 0.3) is 0 Å². The van der Waals surface area contributed by atoms with Crippen molar-refractivity contribution in [3.8, 4) is 0 Å². The number of rotatable bonds is 4. The molecule has 18 heavy (non-hydrogen) atoms. The lowest BCUT2D eigenvalue weighted by Gasteiger charge is -2.31. The summed E-state index contributed by atoms with van der Waals surface area (Å²) < 4.78 is 5.27. The SMILES string of the molecule is CC(C)NC(=O)NC(=O)CN1CCOC(CO)C1. The van der Waals surface area contributed by atoms with Gasteiger partial charge in [-0.3, -0.25) is 15.0 Å². The summed E-state index contributed by atoms with van der Waals surface area (Å²) in [7, 11) is 0. The Labute approximate surface area is 106 Å². The van der Waals surface area contributed by atoms with Crippen molar-refractivity contribution in [2.45, 2.75) is 26.0 Å². The van der Waals surface area contributed by atoms with Crippen LogP contribution in [0.1, 0.15) is 13.8 Å². The molecule has 1 heterocycles. The lowest BCUT2D eigenvalue weighted by atomic mass is 10.3. The molecule has 0 spiro atoms. The zero-order valence-electron chi connectivity index (χ0n) is 10.8. The van der Waals surface area contributed by atoms with Crippen LogP contribution in [-0.2, 0) is 9.53 Å². The van der Waals surface area contributed by atoms with Crippen LogP contribution in [0.25, 0.3) is 0 Å². The Kier molecular flexibility index (Phi) is 6.03. The number of nitrogens with zero attached hydrogens (tertiary/aromatic N) is 1. The molecular weight excluding hydrogens is 238 g/mol. The molecule has 3 amide bonds. The predicted octanol–water partition coefficient (Wildman–Crippen LogP) is -1.09. The second-order valence-corrected chi connectivity index (χ2v) is 4.59. The van der Waals surface area contributed by atoms with E-state index in [0.29, 0.717) is 19.7 Å². The second kappa shape index (κ2) is 7.30. The van der Waals surface area contributed by atoms with Gasteiger partial charge in [-0.05, 0) is 13.8 Å². The van der Waals surface area contributed by atoms with E-state index < -0.39 is 6.03 Å². The number of urea groups is 1. The molecule has 0 aliphatic carbocycles. The summed E-state index contributed by atoms with van der Waals surface area (Å²) in [5, 5.41) is 13.8. The molecule has 1 unspecified atom stereocenters. The first-order valence-electron chi connectivity index (χ1n) is 6.06. The number of carbonyl (C=O) groups excluding carboxylic acids is 2. The maximum Gasteiger partial charge on any atom is 0.321 e. The number of carbonyl (C=O) groups is 2. The van der Waals surface area contributed by atoms with Gasteiger partial charge in [-0.2, -0.15) is 0 Å². The number of ether oxygens (including phenoxy) is 1. The molecule has 0 aromatic carbocycles. The van der Waals surface area contributed by atoms with Gasteiger partial charge < -0.3 is 15.2 Å². The molecule has 104 valence electrons. The van der Waals surface area contributed by atoms with Gasteiger partial charge in [0.05, 0.1) is 25.9 Å². The van der Waals surface area contributed by atoms with E-state index in [1.165, 1.54) is 0 Å². The first-order valence-corrected chi connectivity index (χ1v) is 6.06. The van der Waals surface area contributed by atoms with Crippen LogP contribution < -0.4 is 10.6 Å². The third-order valence-electron chi connectivity index (χ3n) is 2.47. The largest absolute Gasteiger partial charge is 0.394 e. The van der Waals surface area contributed by atoms with Crippen molar-refractivity contribution in [1.29, 1.82) is 0 Å². The van der Waals surface area contributed by atoms with E-state index in [1.807, 2.05) is 18.7 Å². The lowest BCUT2D eigenvalue weighted by Crippen LogP contribution is -2.50. The van der Waals surface area contributed by atoms with Crippen molar-refractivity contribution in [3.05, 3.63) is 0 Å². The molecule has 1 rings (SSSR count). The summed E-state index contributed by atoms with van der Waals surface area (Å²) in [5.41, 5.74) is 0. The number of hydrogen-bond acceptors (Lipinski definition) is 5. The topological polar surface area (TPSA) is 90.9 Å². The molecule has 1 atom stereocenters. The normalized spacial score (nSPS) is 20.8. The number of morpholine rings is 1. The Morgan fingerprint density at radius 3 is 2.83 bits per heavy atom. The van der Waals surface area contributed by atoms with Gasteiger partial charge in [-0.15, -0.1) is 0 Å². The third-order valence-corrected chi connectivity index (χ3v) is 2.47. The monoisotopic (exact) mass is 259 g/mol. The fraction of sp³-hybridized carbons (Fsp3) is 0.818. The maximum absolute atomic E-state index is 11.6. The first kappa shape index (κ1) is 14.9. The molecule has 1 fully saturated rings. The minimum Gasteiger partial charge on any atom is -0.394 e. The van der Waals surface area contributed by atoms with Crippen molar-refractivity contribution in [2.24, 2.45) is 0 Å². The van der Waals surface area contributed by atoms with Gasteiger partial charge in [-0.25, -0.2) is 4.79 Å². The Hall–Kier alpha value is -1.18. The second-order valence-electron chi connectivity index (χ2n) is 4.59. The minimum absolute atomic E-state index is 0.0139. The average molecular weight is 259 g/mol. The average Bonchev–Trinajstić information content (AvgIpc) is 2.27. The highest BCUT2D eigenvalue weighted by atomic mass is 16.5. The van der Waals surface area contributed by atoms with E-state index >= 15 is 0 Å². The van der Waals surface area contributed by atoms with Gasteiger partial charge in [0.1, 0.15) is 0 Å². The van der Waals surface area contributed by atoms with Crippen LogP contribution in [-0.4, -0.2) is 66.9 Å². The summed E-state index contributed by atoms with van der Waals surface area (Å²) in [6, 6.07) is -0.498. The molecule has 0 aromatic heterocycles. The summed E-state index contributed by atoms with van der Waals surface area (Å²) in [4.78, 5) is 24.7. The van der Waals surface area contributed by atoms with Crippen LogP contribution in [0.4, 0.5) is 4.79 Å². The van der Waals surface area contributed by atoms with Gasteiger partial charge >= 0.3 is 6.03 Å². The van der Waals surface area contributed by atoms with E-state index in [-0.39, 0.29) is 31.2 Å². The van der Waals surface area contributed by atoms with Crippen LogP contribution in [0.2, 0.25) is 0 Å². The Morgan fingerprint density at radius 1 is 1.50 bits per heavy atom. The van der Waals surface area contributed by atoms with Crippen LogP contribution in [0.3, 0.4) is 0 Å². The fourth-order valence-corrected chi connectivity index (χ4v) is 1.70. The Morgan fingerprint density at radius 2 is 2.22 bits per heavy atom. The smallest absolute Gasteiger partial charge is 0.321 e. The highest BCUT2D eigenvalue weighted by molar-refractivity contribution is 5.95. The fourth-order valence-electron chi connectivity index (χ4n) is 1.70. The molecule has 0 bridgehead atoms. The molecule has 0 saturated carbocycles. The summed E-state index contributed by atoms with van der Waals surface area (Å²) in [6.45, 7) is 5.30. The zero-order valence-corrected chi connectivity index (χ0v) is 10.8. The highest BCUT2D eigenvalue weighted by Crippen LogP contribution is 2.03. The molecule has 1 saturated heterocycles. The maximum atomic E-state index is 11.6. The van der Waals surface area contributed by atoms with E-state index in [9.17, 15) is 9.59 Å². The van der Waals surface area contributed by atoms with E-state index in [4.69, 9.17) is 9.84 Å². The summed E-state index contributed by atoms with van der Waals surface area (Å²) >= 11 is 0. The molecular formula is C11H21N3O4. The number of aliphatic hydroxyl groups excluding tert-OH is 1. The quantitative estimate of drug-likeness (QED) is 0.597. The molecule has 1 aliphatic rings. The minimum atomic E-state index is -0.484. The predicted molar refractivity (Wildman–Crippen MR) is 65.1 cm³/mol. The first-order chi connectivity index (χ1) is 8.51. The highest BCUT2D eigenvalue weighted by Gasteiger charge is 2.22.